The number of aromatic amines is 1. The number of hydrogen-bond donors (Lipinski definition) is 1. The molecule has 0 spiro atoms. The second-order valence-corrected chi connectivity index (χ2v) is 8.87. The average molecular weight is 496 g/mol. The maximum absolute atomic E-state index is 14.2. The Kier molecular flexibility index (Phi) is 6.68. The van der Waals surface area contributed by atoms with E-state index in [2.05, 4.69) is 4.98 Å². The molecule has 0 fully saturated rings. The molecule has 0 aliphatic carbocycles. The van der Waals surface area contributed by atoms with Gasteiger partial charge >= 0.3 is 5.97 Å². The number of para-hydroxylation sites is 2. The minimum absolute atomic E-state index is 0.132. The molecule has 0 radical (unpaired) electrons. The van der Waals surface area contributed by atoms with Gasteiger partial charge in [0.15, 0.2) is 0 Å². The zero-order valence-electron chi connectivity index (χ0n) is 20.6. The van der Waals surface area contributed by atoms with E-state index in [4.69, 9.17) is 9.72 Å². The standard InChI is InChI=1S/C30H26FN3O3/c1-34(27-12-6-4-9-22(27)30(36)37-2)28(35)13-7-10-21-23-18-20(31)15-17-25(23)33-29(21)26-16-14-19-8-3-5-11-24(19)32-26/h3-6,8-9,11-12,14-18,33H,7,10,13H2,1-2H3. The lowest BCUT2D eigenvalue weighted by molar-refractivity contribution is -0.118. The third-order valence-corrected chi connectivity index (χ3v) is 6.58. The maximum Gasteiger partial charge on any atom is 0.339 e. The minimum Gasteiger partial charge on any atom is -0.465 e. The molecule has 2 heterocycles. The number of esters is 1. The number of ether oxygens (including phenoxy) is 1. The predicted octanol–water partition coefficient (Wildman–Crippen LogP) is 6.29. The first kappa shape index (κ1) is 24.2. The highest BCUT2D eigenvalue weighted by atomic mass is 19.1. The molecule has 5 rings (SSSR count). The summed E-state index contributed by atoms with van der Waals surface area (Å²) in [6.07, 6.45) is 1.33. The maximum atomic E-state index is 14.2. The Morgan fingerprint density at radius 3 is 2.62 bits per heavy atom. The zero-order chi connectivity index (χ0) is 25.9. The van der Waals surface area contributed by atoms with Crippen LogP contribution in [0.4, 0.5) is 10.1 Å². The first-order valence-electron chi connectivity index (χ1n) is 12.1. The molecule has 2 aromatic heterocycles. The average Bonchev–Trinajstić information content (AvgIpc) is 3.29. The molecule has 0 unspecified atom stereocenters. The van der Waals surface area contributed by atoms with Crippen molar-refractivity contribution in [2.24, 2.45) is 0 Å². The lowest BCUT2D eigenvalue weighted by Gasteiger charge is -2.20. The number of nitrogens with one attached hydrogen (secondary N) is 1. The zero-order valence-corrected chi connectivity index (χ0v) is 20.6. The molecular formula is C30H26FN3O3. The summed E-state index contributed by atoms with van der Waals surface area (Å²) in [7, 11) is 2.96. The molecule has 0 saturated heterocycles. The van der Waals surface area contributed by atoms with E-state index in [0.717, 1.165) is 38.8 Å². The van der Waals surface area contributed by atoms with Crippen LogP contribution in [-0.4, -0.2) is 36.0 Å². The third kappa shape index (κ3) is 4.80. The summed E-state index contributed by atoms with van der Waals surface area (Å²) in [6, 6.07) is 23.4. The van der Waals surface area contributed by atoms with E-state index in [1.807, 2.05) is 36.4 Å². The van der Waals surface area contributed by atoms with Crippen LogP contribution in [0, 0.1) is 5.82 Å². The largest absolute Gasteiger partial charge is 0.465 e. The molecule has 0 aliphatic heterocycles. The van der Waals surface area contributed by atoms with Crippen molar-refractivity contribution in [3.05, 3.63) is 95.8 Å². The smallest absolute Gasteiger partial charge is 0.339 e. The molecular weight excluding hydrogens is 469 g/mol. The van der Waals surface area contributed by atoms with Crippen molar-refractivity contribution in [1.82, 2.24) is 9.97 Å². The first-order chi connectivity index (χ1) is 18.0. The number of H-pyrrole nitrogens is 1. The molecule has 6 nitrogen and oxygen atoms in total. The highest BCUT2D eigenvalue weighted by Crippen LogP contribution is 2.32. The monoisotopic (exact) mass is 495 g/mol. The first-order valence-corrected chi connectivity index (χ1v) is 12.1. The van der Waals surface area contributed by atoms with Crippen LogP contribution in [0.15, 0.2) is 78.9 Å². The van der Waals surface area contributed by atoms with E-state index >= 15 is 0 Å². The van der Waals surface area contributed by atoms with Gasteiger partial charge in [-0.1, -0.05) is 36.4 Å². The van der Waals surface area contributed by atoms with E-state index in [1.54, 1.807) is 37.4 Å². The molecule has 37 heavy (non-hydrogen) atoms. The number of benzene rings is 3. The van der Waals surface area contributed by atoms with Crippen LogP contribution in [0.5, 0.6) is 0 Å². The number of rotatable bonds is 7. The van der Waals surface area contributed by atoms with Crippen molar-refractivity contribution in [1.29, 1.82) is 0 Å². The number of aryl methyl sites for hydroxylation is 1. The number of methoxy groups -OCH3 is 1. The molecule has 1 N–H and O–H groups in total. The molecule has 186 valence electrons. The van der Waals surface area contributed by atoms with Gasteiger partial charge in [-0.15, -0.1) is 0 Å². The summed E-state index contributed by atoms with van der Waals surface area (Å²) in [5.41, 5.74) is 5.02. The summed E-state index contributed by atoms with van der Waals surface area (Å²) in [5, 5.41) is 1.82. The predicted molar refractivity (Wildman–Crippen MR) is 143 cm³/mol. The van der Waals surface area contributed by atoms with Crippen LogP contribution in [0.3, 0.4) is 0 Å². The molecule has 0 aliphatic rings. The Balaban J connectivity index is 1.41. The molecule has 5 aromatic rings. The Hall–Kier alpha value is -4.52. The van der Waals surface area contributed by atoms with E-state index in [1.165, 1.54) is 24.1 Å². The summed E-state index contributed by atoms with van der Waals surface area (Å²) >= 11 is 0. The molecule has 0 atom stereocenters. The van der Waals surface area contributed by atoms with E-state index in [9.17, 15) is 14.0 Å². The van der Waals surface area contributed by atoms with Crippen molar-refractivity contribution in [3.8, 4) is 11.4 Å². The Bertz CT molecular complexity index is 1630. The lowest BCUT2D eigenvalue weighted by atomic mass is 10.0. The van der Waals surface area contributed by atoms with E-state index < -0.39 is 5.97 Å². The third-order valence-electron chi connectivity index (χ3n) is 6.58. The van der Waals surface area contributed by atoms with Gasteiger partial charge in [0.05, 0.1) is 35.3 Å². The van der Waals surface area contributed by atoms with Gasteiger partial charge in [0.1, 0.15) is 5.82 Å². The Morgan fingerprint density at radius 2 is 1.78 bits per heavy atom. The van der Waals surface area contributed by atoms with Crippen molar-refractivity contribution in [2.75, 3.05) is 19.1 Å². The highest BCUT2D eigenvalue weighted by molar-refractivity contribution is 6.02. The van der Waals surface area contributed by atoms with Gasteiger partial charge in [0.2, 0.25) is 5.91 Å². The molecule has 0 saturated carbocycles. The number of fused-ring (bicyclic) bond motifs is 2. The SMILES string of the molecule is COC(=O)c1ccccc1N(C)C(=O)CCCc1c(-c2ccc3ccccc3n2)[nH]c2ccc(F)cc12. The second kappa shape index (κ2) is 10.2. The van der Waals surface area contributed by atoms with Gasteiger partial charge < -0.3 is 14.6 Å². The van der Waals surface area contributed by atoms with Crippen molar-refractivity contribution in [3.63, 3.8) is 0 Å². The van der Waals surface area contributed by atoms with Gasteiger partial charge in [-0.2, -0.15) is 0 Å². The van der Waals surface area contributed by atoms with Crippen LogP contribution in [0.2, 0.25) is 0 Å². The van der Waals surface area contributed by atoms with Gasteiger partial charge in [-0.3, -0.25) is 4.79 Å². The fourth-order valence-electron chi connectivity index (χ4n) is 4.67. The van der Waals surface area contributed by atoms with Crippen LogP contribution < -0.4 is 4.90 Å². The summed E-state index contributed by atoms with van der Waals surface area (Å²) < 4.78 is 19.0. The highest BCUT2D eigenvalue weighted by Gasteiger charge is 2.20. The Labute approximate surface area is 213 Å². The number of amides is 1. The lowest BCUT2D eigenvalue weighted by Crippen LogP contribution is -2.27. The number of hydrogen-bond acceptors (Lipinski definition) is 4. The van der Waals surface area contributed by atoms with Gasteiger partial charge in [-0.05, 0) is 60.9 Å². The molecule has 7 heteroatoms. The fourth-order valence-corrected chi connectivity index (χ4v) is 4.67. The van der Waals surface area contributed by atoms with Crippen LogP contribution in [0.1, 0.15) is 28.8 Å². The van der Waals surface area contributed by atoms with Crippen LogP contribution in [-0.2, 0) is 16.0 Å². The van der Waals surface area contributed by atoms with Crippen molar-refractivity contribution < 1.29 is 18.7 Å². The number of nitrogens with zero attached hydrogens (tertiary/aromatic N) is 2. The normalized spacial score (nSPS) is 11.1. The second-order valence-electron chi connectivity index (χ2n) is 8.87. The van der Waals surface area contributed by atoms with Gasteiger partial charge in [-0.25, -0.2) is 14.2 Å². The molecule has 3 aromatic carbocycles. The summed E-state index contributed by atoms with van der Waals surface area (Å²) in [6.45, 7) is 0. The number of carbonyl (C=O) groups excluding carboxylic acids is 2. The van der Waals surface area contributed by atoms with E-state index in [0.29, 0.717) is 24.1 Å². The number of pyridine rings is 1. The van der Waals surface area contributed by atoms with Crippen molar-refractivity contribution in [2.45, 2.75) is 19.3 Å². The summed E-state index contributed by atoms with van der Waals surface area (Å²) in [4.78, 5) is 34.9. The number of carbonyl (C=O) groups is 2. The fraction of sp³-hybridized carbons (Fsp3) is 0.167. The number of anilines is 1. The Morgan fingerprint density at radius 1 is 1.00 bits per heavy atom. The molecule has 0 bridgehead atoms. The minimum atomic E-state index is -0.497. The van der Waals surface area contributed by atoms with Crippen LogP contribution >= 0.6 is 0 Å². The molecule has 1 amide bonds. The van der Waals surface area contributed by atoms with E-state index in [-0.39, 0.29) is 18.1 Å². The number of aromatic nitrogens is 2. The summed E-state index contributed by atoms with van der Waals surface area (Å²) in [5.74, 6) is -0.947. The number of halogens is 1. The topological polar surface area (TPSA) is 75.3 Å². The van der Waals surface area contributed by atoms with Crippen molar-refractivity contribution >= 4 is 39.4 Å². The van der Waals surface area contributed by atoms with Crippen LogP contribution in [0.25, 0.3) is 33.2 Å². The van der Waals surface area contributed by atoms with Gasteiger partial charge in [0, 0.05) is 29.8 Å². The quantitative estimate of drug-likeness (QED) is 0.269. The van der Waals surface area contributed by atoms with Gasteiger partial charge in [0.25, 0.3) is 0 Å².